The van der Waals surface area contributed by atoms with Crippen molar-refractivity contribution in [1.82, 2.24) is 5.32 Å². The summed E-state index contributed by atoms with van der Waals surface area (Å²) in [5.41, 5.74) is 6.87. The van der Waals surface area contributed by atoms with Crippen molar-refractivity contribution in [3.8, 4) is 0 Å². The van der Waals surface area contributed by atoms with E-state index < -0.39 is 0 Å². The van der Waals surface area contributed by atoms with Gasteiger partial charge in [-0.15, -0.1) is 0 Å². The molecule has 0 saturated carbocycles. The molecular formula is C12H18N2OS. The molecule has 0 radical (unpaired) electrons. The molecule has 1 aromatic carbocycles. The number of nitrogens with one attached hydrogen (secondary N) is 1. The van der Waals surface area contributed by atoms with Gasteiger partial charge < -0.3 is 11.1 Å². The van der Waals surface area contributed by atoms with Crippen molar-refractivity contribution in [2.24, 2.45) is 5.73 Å². The largest absolute Gasteiger partial charge is 0.366 e. The molecule has 0 bridgehead atoms. The Balaban J connectivity index is 2.63. The molecule has 1 aromatic rings. The predicted molar refractivity (Wildman–Crippen MR) is 69.6 cm³/mol. The van der Waals surface area contributed by atoms with Gasteiger partial charge in [0.15, 0.2) is 0 Å². The van der Waals surface area contributed by atoms with Crippen LogP contribution in [0.3, 0.4) is 0 Å². The molecule has 1 rings (SSSR count). The van der Waals surface area contributed by atoms with E-state index in [1.807, 2.05) is 18.2 Å². The molecule has 0 aliphatic heterocycles. The highest BCUT2D eigenvalue weighted by molar-refractivity contribution is 7.98. The van der Waals surface area contributed by atoms with E-state index in [1.165, 1.54) is 0 Å². The average molecular weight is 238 g/mol. The maximum absolute atomic E-state index is 11.2. The first-order valence-electron chi connectivity index (χ1n) is 5.25. The predicted octanol–water partition coefficient (Wildman–Crippen LogP) is 1.63. The average Bonchev–Trinajstić information content (AvgIpc) is 2.27. The monoisotopic (exact) mass is 238 g/mol. The minimum Gasteiger partial charge on any atom is -0.366 e. The number of benzene rings is 1. The number of nitrogens with two attached hydrogens (primary N) is 1. The molecule has 3 nitrogen and oxygen atoms in total. The van der Waals surface area contributed by atoms with Gasteiger partial charge in [-0.3, -0.25) is 4.79 Å². The molecule has 1 unspecified atom stereocenters. The number of hydrogen-bond acceptors (Lipinski definition) is 3. The summed E-state index contributed by atoms with van der Waals surface area (Å²) >= 11 is 1.80. The van der Waals surface area contributed by atoms with E-state index in [9.17, 15) is 4.79 Å². The van der Waals surface area contributed by atoms with Crippen LogP contribution in [0.25, 0.3) is 0 Å². The third-order valence-electron chi connectivity index (χ3n) is 2.34. The second-order valence-electron chi connectivity index (χ2n) is 3.76. The van der Waals surface area contributed by atoms with Crippen LogP contribution in [0, 0.1) is 0 Å². The summed E-state index contributed by atoms with van der Waals surface area (Å²) < 4.78 is 0. The van der Waals surface area contributed by atoms with Gasteiger partial charge in [0.1, 0.15) is 0 Å². The minimum atomic E-state index is -0.366. The molecule has 0 saturated heterocycles. The quantitative estimate of drug-likeness (QED) is 0.792. The molecule has 0 aliphatic carbocycles. The highest BCUT2D eigenvalue weighted by Gasteiger charge is 2.07. The number of primary amides is 1. The van der Waals surface area contributed by atoms with Gasteiger partial charge in [0.05, 0.1) is 0 Å². The summed E-state index contributed by atoms with van der Waals surface area (Å²) in [5, 5.41) is 3.37. The first kappa shape index (κ1) is 13.1. The Morgan fingerprint density at radius 2 is 2.19 bits per heavy atom. The van der Waals surface area contributed by atoms with Gasteiger partial charge in [-0.25, -0.2) is 0 Å². The smallest absolute Gasteiger partial charge is 0.249 e. The van der Waals surface area contributed by atoms with Crippen LogP contribution in [0.2, 0.25) is 0 Å². The van der Waals surface area contributed by atoms with E-state index in [2.05, 4.69) is 18.5 Å². The lowest BCUT2D eigenvalue weighted by Gasteiger charge is -2.13. The zero-order valence-electron chi connectivity index (χ0n) is 9.69. The topological polar surface area (TPSA) is 55.1 Å². The molecule has 0 heterocycles. The Labute approximate surface area is 101 Å². The number of hydrogen-bond donors (Lipinski definition) is 2. The summed E-state index contributed by atoms with van der Waals surface area (Å²) in [6, 6.07) is 7.87. The fraction of sp³-hybridized carbons (Fsp3) is 0.417. The molecule has 0 spiro atoms. The van der Waals surface area contributed by atoms with Crippen molar-refractivity contribution in [2.45, 2.75) is 19.5 Å². The molecule has 0 fully saturated rings. The molecule has 1 atom stereocenters. The summed E-state index contributed by atoms with van der Waals surface area (Å²) in [4.78, 5) is 11.2. The maximum atomic E-state index is 11.2. The van der Waals surface area contributed by atoms with Crippen LogP contribution in [0.4, 0.5) is 0 Å². The van der Waals surface area contributed by atoms with Gasteiger partial charge >= 0.3 is 0 Å². The first-order valence-corrected chi connectivity index (χ1v) is 6.64. The van der Waals surface area contributed by atoms with E-state index in [0.717, 1.165) is 11.3 Å². The molecule has 0 aromatic heterocycles. The van der Waals surface area contributed by atoms with Crippen LogP contribution in [0.1, 0.15) is 22.8 Å². The lowest BCUT2D eigenvalue weighted by molar-refractivity contribution is 0.0999. The SMILES string of the molecule is CSCC(C)NCc1ccccc1C(N)=O. The number of amides is 1. The van der Waals surface area contributed by atoms with Crippen molar-refractivity contribution < 1.29 is 4.79 Å². The highest BCUT2D eigenvalue weighted by atomic mass is 32.2. The number of thioether (sulfide) groups is 1. The summed E-state index contributed by atoms with van der Waals surface area (Å²) in [6.07, 6.45) is 2.08. The Kier molecular flexibility index (Phi) is 5.35. The number of rotatable bonds is 6. The second kappa shape index (κ2) is 6.55. The Morgan fingerprint density at radius 1 is 1.50 bits per heavy atom. The van der Waals surface area contributed by atoms with Gasteiger partial charge in [0.25, 0.3) is 0 Å². The minimum absolute atomic E-state index is 0.366. The highest BCUT2D eigenvalue weighted by Crippen LogP contribution is 2.08. The maximum Gasteiger partial charge on any atom is 0.249 e. The summed E-state index contributed by atoms with van der Waals surface area (Å²) in [5.74, 6) is 0.688. The van der Waals surface area contributed by atoms with Crippen molar-refractivity contribution in [3.05, 3.63) is 35.4 Å². The van der Waals surface area contributed by atoms with Crippen LogP contribution in [0.5, 0.6) is 0 Å². The van der Waals surface area contributed by atoms with Crippen LogP contribution in [-0.2, 0) is 6.54 Å². The van der Waals surface area contributed by atoms with Crippen LogP contribution >= 0.6 is 11.8 Å². The summed E-state index contributed by atoms with van der Waals surface area (Å²) in [6.45, 7) is 2.81. The van der Waals surface area contributed by atoms with Gasteiger partial charge in [0, 0.05) is 23.9 Å². The van der Waals surface area contributed by atoms with Gasteiger partial charge in [-0.05, 0) is 24.8 Å². The van der Waals surface area contributed by atoms with Crippen LogP contribution in [0.15, 0.2) is 24.3 Å². The fourth-order valence-electron chi connectivity index (χ4n) is 1.51. The van der Waals surface area contributed by atoms with Gasteiger partial charge in [-0.1, -0.05) is 18.2 Å². The Bertz CT molecular complexity index is 355. The second-order valence-corrected chi connectivity index (χ2v) is 4.67. The van der Waals surface area contributed by atoms with E-state index in [1.54, 1.807) is 17.8 Å². The third-order valence-corrected chi connectivity index (χ3v) is 3.17. The Morgan fingerprint density at radius 3 is 2.81 bits per heavy atom. The number of carbonyl (C=O) groups is 1. The van der Waals surface area contributed by atoms with Crippen LogP contribution < -0.4 is 11.1 Å². The zero-order valence-corrected chi connectivity index (χ0v) is 10.5. The molecule has 1 amide bonds. The summed E-state index contributed by atoms with van der Waals surface area (Å²) in [7, 11) is 0. The Hall–Kier alpha value is -1.00. The molecule has 4 heteroatoms. The molecular weight excluding hydrogens is 220 g/mol. The van der Waals surface area contributed by atoms with E-state index in [0.29, 0.717) is 18.2 Å². The van der Waals surface area contributed by atoms with E-state index in [-0.39, 0.29) is 5.91 Å². The lowest BCUT2D eigenvalue weighted by atomic mass is 10.1. The first-order chi connectivity index (χ1) is 7.65. The van der Waals surface area contributed by atoms with E-state index >= 15 is 0 Å². The fourth-order valence-corrected chi connectivity index (χ4v) is 2.13. The van der Waals surface area contributed by atoms with Gasteiger partial charge in [-0.2, -0.15) is 11.8 Å². The lowest BCUT2D eigenvalue weighted by Crippen LogP contribution is -2.28. The zero-order chi connectivity index (χ0) is 12.0. The van der Waals surface area contributed by atoms with Crippen molar-refractivity contribution in [3.63, 3.8) is 0 Å². The standard InChI is InChI=1S/C12H18N2OS/c1-9(8-16-2)14-7-10-5-3-4-6-11(10)12(13)15/h3-6,9,14H,7-8H2,1-2H3,(H2,13,15). The molecule has 3 N–H and O–H groups in total. The van der Waals surface area contributed by atoms with Gasteiger partial charge in [0.2, 0.25) is 5.91 Å². The van der Waals surface area contributed by atoms with Crippen molar-refractivity contribution in [1.29, 1.82) is 0 Å². The molecule has 16 heavy (non-hydrogen) atoms. The normalized spacial score (nSPS) is 12.4. The van der Waals surface area contributed by atoms with Crippen molar-refractivity contribution in [2.75, 3.05) is 12.0 Å². The van der Waals surface area contributed by atoms with Crippen molar-refractivity contribution >= 4 is 17.7 Å². The molecule has 88 valence electrons. The molecule has 0 aliphatic rings. The number of carbonyl (C=O) groups excluding carboxylic acids is 1. The third kappa shape index (κ3) is 3.87. The van der Waals surface area contributed by atoms with Crippen LogP contribution in [-0.4, -0.2) is 24.0 Å². The van der Waals surface area contributed by atoms with E-state index in [4.69, 9.17) is 5.73 Å².